The van der Waals surface area contributed by atoms with Gasteiger partial charge in [-0.3, -0.25) is 9.59 Å². The van der Waals surface area contributed by atoms with Gasteiger partial charge in [-0.05, 0) is 37.1 Å². The Morgan fingerprint density at radius 3 is 1.79 bits per heavy atom. The van der Waals surface area contributed by atoms with Gasteiger partial charge in [0, 0.05) is 10.9 Å². The predicted molar refractivity (Wildman–Crippen MR) is 120 cm³/mol. The Labute approximate surface area is 184 Å². The standard InChI is InChI=1S/C22H16Cl3O3P/c1-13-7-6-8-14(2)18(13)21(26)29(28,15-9-4-3-5-10-15)22(27)19-16(23)11-12-17(24)20(19)25/h3-12H,1-2H3. The average molecular weight is 466 g/mol. The Bertz CT molecular complexity index is 1150. The number of hydrogen-bond acceptors (Lipinski definition) is 3. The van der Waals surface area contributed by atoms with Crippen LogP contribution in [0.2, 0.25) is 15.1 Å². The summed E-state index contributed by atoms with van der Waals surface area (Å²) in [6, 6.07) is 16.0. The molecule has 0 aliphatic carbocycles. The van der Waals surface area contributed by atoms with Crippen LogP contribution in [0.25, 0.3) is 0 Å². The van der Waals surface area contributed by atoms with Crippen molar-refractivity contribution in [3.63, 3.8) is 0 Å². The predicted octanol–water partition coefficient (Wildman–Crippen LogP) is 6.93. The Balaban J connectivity index is 2.33. The van der Waals surface area contributed by atoms with E-state index in [-0.39, 0.29) is 31.5 Å². The maximum absolute atomic E-state index is 14.3. The molecule has 0 aliphatic rings. The van der Waals surface area contributed by atoms with E-state index < -0.39 is 18.2 Å². The Morgan fingerprint density at radius 2 is 1.21 bits per heavy atom. The molecule has 0 spiro atoms. The lowest BCUT2D eigenvalue weighted by Crippen LogP contribution is -2.22. The molecule has 0 amide bonds. The lowest BCUT2D eigenvalue weighted by molar-refractivity contribution is 0.104. The maximum Gasteiger partial charge on any atom is 0.248 e. The summed E-state index contributed by atoms with van der Waals surface area (Å²) in [6.07, 6.45) is 0. The molecule has 1 atom stereocenters. The van der Waals surface area contributed by atoms with E-state index in [4.69, 9.17) is 34.8 Å². The monoisotopic (exact) mass is 464 g/mol. The fourth-order valence-electron chi connectivity index (χ4n) is 3.15. The molecule has 0 bridgehead atoms. The van der Waals surface area contributed by atoms with Crippen LogP contribution in [0.1, 0.15) is 31.8 Å². The minimum absolute atomic E-state index is 0.0186. The first-order chi connectivity index (χ1) is 13.7. The summed E-state index contributed by atoms with van der Waals surface area (Å²) in [5.74, 6) is 0. The molecular formula is C22H16Cl3O3P. The molecule has 3 rings (SSSR count). The number of aryl methyl sites for hydroxylation is 2. The second kappa shape index (κ2) is 8.45. The third-order valence-corrected chi connectivity index (χ3v) is 8.38. The third-order valence-electron chi connectivity index (χ3n) is 4.64. The summed E-state index contributed by atoms with van der Waals surface area (Å²) in [5, 5.41) is 0.0489. The van der Waals surface area contributed by atoms with Gasteiger partial charge in [0.25, 0.3) is 0 Å². The second-order valence-corrected chi connectivity index (χ2v) is 10.3. The molecule has 0 radical (unpaired) electrons. The highest BCUT2D eigenvalue weighted by Gasteiger charge is 2.45. The molecule has 0 heterocycles. The summed E-state index contributed by atoms with van der Waals surface area (Å²) in [6.45, 7) is 3.47. The van der Waals surface area contributed by atoms with Crippen molar-refractivity contribution in [2.24, 2.45) is 0 Å². The van der Waals surface area contributed by atoms with Crippen LogP contribution in [-0.4, -0.2) is 11.0 Å². The molecule has 3 aromatic rings. The van der Waals surface area contributed by atoms with Crippen molar-refractivity contribution >= 4 is 58.3 Å². The molecule has 0 aliphatic heterocycles. The lowest BCUT2D eigenvalue weighted by atomic mass is 10.0. The van der Waals surface area contributed by atoms with Crippen molar-refractivity contribution in [2.45, 2.75) is 13.8 Å². The van der Waals surface area contributed by atoms with E-state index in [2.05, 4.69) is 0 Å². The van der Waals surface area contributed by atoms with Crippen LogP contribution in [-0.2, 0) is 4.57 Å². The largest absolute Gasteiger partial charge is 0.302 e. The second-order valence-electron chi connectivity index (χ2n) is 6.54. The molecule has 0 saturated carbocycles. The summed E-state index contributed by atoms with van der Waals surface area (Å²) >= 11 is 18.5. The third kappa shape index (κ3) is 3.81. The molecule has 0 fully saturated rings. The zero-order chi connectivity index (χ0) is 21.3. The van der Waals surface area contributed by atoms with Crippen molar-refractivity contribution < 1.29 is 14.2 Å². The van der Waals surface area contributed by atoms with Crippen LogP contribution in [0.15, 0.2) is 60.7 Å². The number of hydrogen-bond donors (Lipinski definition) is 0. The van der Waals surface area contributed by atoms with Gasteiger partial charge in [-0.2, -0.15) is 0 Å². The summed E-state index contributed by atoms with van der Waals surface area (Å²) in [4.78, 5) is 27.2. The number of rotatable bonds is 5. The van der Waals surface area contributed by atoms with Gasteiger partial charge in [0.05, 0.1) is 20.6 Å². The van der Waals surface area contributed by atoms with Crippen LogP contribution in [0.3, 0.4) is 0 Å². The van der Waals surface area contributed by atoms with E-state index in [9.17, 15) is 14.2 Å². The molecule has 7 heteroatoms. The minimum Gasteiger partial charge on any atom is -0.302 e. The highest BCUT2D eigenvalue weighted by atomic mass is 35.5. The van der Waals surface area contributed by atoms with Gasteiger partial charge in [0.15, 0.2) is 0 Å². The van der Waals surface area contributed by atoms with Crippen LogP contribution >= 0.6 is 41.9 Å². The van der Waals surface area contributed by atoms with Crippen LogP contribution in [0, 0.1) is 13.8 Å². The molecule has 3 nitrogen and oxygen atoms in total. The molecule has 148 valence electrons. The summed E-state index contributed by atoms with van der Waals surface area (Å²) < 4.78 is 14.3. The summed E-state index contributed by atoms with van der Waals surface area (Å²) in [7, 11) is -4.33. The van der Waals surface area contributed by atoms with Gasteiger partial charge < -0.3 is 4.57 Å². The zero-order valence-electron chi connectivity index (χ0n) is 15.6. The Hall–Kier alpha value is -1.90. The molecule has 1 unspecified atom stereocenters. The van der Waals surface area contributed by atoms with Gasteiger partial charge in [0.1, 0.15) is 0 Å². The quantitative estimate of drug-likeness (QED) is 0.303. The summed E-state index contributed by atoms with van der Waals surface area (Å²) in [5.41, 5.74) is -0.398. The van der Waals surface area contributed by atoms with Crippen LogP contribution in [0.5, 0.6) is 0 Å². The van der Waals surface area contributed by atoms with Gasteiger partial charge in [-0.25, -0.2) is 0 Å². The topological polar surface area (TPSA) is 51.2 Å². The molecule has 0 N–H and O–H groups in total. The number of carbonyl (C=O) groups is 2. The normalized spacial score (nSPS) is 13.0. The first kappa shape index (κ1) is 21.8. The Kier molecular flexibility index (Phi) is 6.36. The van der Waals surface area contributed by atoms with Gasteiger partial charge in [-0.1, -0.05) is 83.3 Å². The fourth-order valence-corrected chi connectivity index (χ4v) is 6.45. The minimum atomic E-state index is -4.33. The van der Waals surface area contributed by atoms with Crippen molar-refractivity contribution in [2.75, 3.05) is 0 Å². The molecular weight excluding hydrogens is 450 g/mol. The van der Waals surface area contributed by atoms with Crippen molar-refractivity contribution in [3.8, 4) is 0 Å². The smallest absolute Gasteiger partial charge is 0.248 e. The first-order valence-electron chi connectivity index (χ1n) is 8.64. The Morgan fingerprint density at radius 1 is 0.690 bits per heavy atom. The molecule has 0 aromatic heterocycles. The van der Waals surface area contributed by atoms with E-state index in [1.54, 1.807) is 50.2 Å². The highest BCUT2D eigenvalue weighted by molar-refractivity contribution is 8.01. The van der Waals surface area contributed by atoms with E-state index in [0.717, 1.165) is 0 Å². The number of carbonyl (C=O) groups excluding carboxylic acids is 2. The zero-order valence-corrected chi connectivity index (χ0v) is 18.7. The molecule has 29 heavy (non-hydrogen) atoms. The van der Waals surface area contributed by atoms with E-state index in [1.807, 2.05) is 0 Å². The van der Waals surface area contributed by atoms with Crippen molar-refractivity contribution in [3.05, 3.63) is 98.0 Å². The van der Waals surface area contributed by atoms with Crippen LogP contribution in [0.4, 0.5) is 0 Å². The lowest BCUT2D eigenvalue weighted by Gasteiger charge is -2.20. The van der Waals surface area contributed by atoms with Crippen molar-refractivity contribution in [1.82, 2.24) is 0 Å². The van der Waals surface area contributed by atoms with Gasteiger partial charge in [0.2, 0.25) is 18.2 Å². The molecule has 3 aromatic carbocycles. The number of benzene rings is 3. The van der Waals surface area contributed by atoms with Crippen LogP contribution < -0.4 is 5.30 Å². The highest BCUT2D eigenvalue weighted by Crippen LogP contribution is 2.54. The number of halogens is 3. The average Bonchev–Trinajstić information content (AvgIpc) is 2.70. The molecule has 0 saturated heterocycles. The maximum atomic E-state index is 14.3. The van der Waals surface area contributed by atoms with E-state index in [0.29, 0.717) is 11.1 Å². The van der Waals surface area contributed by atoms with E-state index >= 15 is 0 Å². The SMILES string of the molecule is Cc1cccc(C)c1C(=O)P(=O)(C(=O)c1c(Cl)ccc(Cl)c1Cl)c1ccccc1. The fraction of sp³-hybridized carbons (Fsp3) is 0.0909. The van der Waals surface area contributed by atoms with Gasteiger partial charge in [-0.15, -0.1) is 0 Å². The van der Waals surface area contributed by atoms with Gasteiger partial charge >= 0.3 is 0 Å². The van der Waals surface area contributed by atoms with Crippen molar-refractivity contribution in [1.29, 1.82) is 0 Å². The first-order valence-corrected chi connectivity index (χ1v) is 11.5. The van der Waals surface area contributed by atoms with E-state index in [1.165, 1.54) is 24.3 Å².